The molecule has 0 spiro atoms. The fourth-order valence-electron chi connectivity index (χ4n) is 1.70. The molecule has 1 aromatic heterocycles. The number of anilines is 1. The highest BCUT2D eigenvalue weighted by Crippen LogP contribution is 2.24. The molecule has 5 nitrogen and oxygen atoms in total. The topological polar surface area (TPSA) is 79.3 Å². The summed E-state index contributed by atoms with van der Waals surface area (Å²) in [7, 11) is 0. The van der Waals surface area contributed by atoms with Crippen LogP contribution in [0.25, 0.3) is 11.3 Å². The van der Waals surface area contributed by atoms with Gasteiger partial charge in [-0.2, -0.15) is 0 Å². The van der Waals surface area contributed by atoms with Gasteiger partial charge in [-0.3, -0.25) is 9.59 Å². The third kappa shape index (κ3) is 3.89. The first-order valence-electron chi connectivity index (χ1n) is 6.09. The van der Waals surface area contributed by atoms with Crippen LogP contribution >= 0.6 is 11.3 Å². The van der Waals surface area contributed by atoms with Gasteiger partial charge in [-0.15, -0.1) is 11.3 Å². The largest absolute Gasteiger partial charge is 0.481 e. The zero-order valence-corrected chi connectivity index (χ0v) is 11.7. The van der Waals surface area contributed by atoms with Crippen molar-refractivity contribution in [3.8, 4) is 11.3 Å². The van der Waals surface area contributed by atoms with E-state index in [0.29, 0.717) is 5.69 Å². The summed E-state index contributed by atoms with van der Waals surface area (Å²) in [5, 5.41) is 14.2. The van der Waals surface area contributed by atoms with Crippen LogP contribution in [0.1, 0.15) is 17.8 Å². The summed E-state index contributed by atoms with van der Waals surface area (Å²) in [5.74, 6) is -1.29. The molecule has 0 atom stereocenters. The molecule has 1 heterocycles. The molecular formula is C14H14N2O3S. The molecule has 0 aliphatic heterocycles. The predicted octanol–water partition coefficient (Wildman–Crippen LogP) is 2.92. The minimum Gasteiger partial charge on any atom is -0.481 e. The van der Waals surface area contributed by atoms with Gasteiger partial charge in [0.05, 0.1) is 17.1 Å². The van der Waals surface area contributed by atoms with E-state index in [2.05, 4.69) is 10.3 Å². The van der Waals surface area contributed by atoms with E-state index in [-0.39, 0.29) is 18.7 Å². The molecule has 2 N–H and O–H groups in total. The molecule has 20 heavy (non-hydrogen) atoms. The van der Waals surface area contributed by atoms with E-state index in [1.54, 1.807) is 17.4 Å². The number of rotatable bonds is 5. The van der Waals surface area contributed by atoms with Crippen LogP contribution in [0.2, 0.25) is 0 Å². The third-order valence-corrected chi connectivity index (χ3v) is 3.40. The monoisotopic (exact) mass is 290 g/mol. The SMILES string of the molecule is Cc1nc(-c2cccc(NC(=O)CCC(=O)O)c2)cs1. The lowest BCUT2D eigenvalue weighted by Crippen LogP contribution is -2.13. The number of aryl methyl sites for hydroxylation is 1. The molecule has 104 valence electrons. The number of carboxylic acids is 1. The van der Waals surface area contributed by atoms with Gasteiger partial charge in [-0.25, -0.2) is 4.98 Å². The number of thiazole rings is 1. The van der Waals surface area contributed by atoms with E-state index >= 15 is 0 Å². The number of nitrogens with zero attached hydrogens (tertiary/aromatic N) is 1. The average Bonchev–Trinajstić information content (AvgIpc) is 2.83. The fourth-order valence-corrected chi connectivity index (χ4v) is 2.32. The zero-order chi connectivity index (χ0) is 14.5. The number of nitrogens with one attached hydrogen (secondary N) is 1. The van der Waals surface area contributed by atoms with Gasteiger partial charge in [-0.05, 0) is 19.1 Å². The molecule has 1 amide bonds. The van der Waals surface area contributed by atoms with Crippen LogP contribution in [0.4, 0.5) is 5.69 Å². The van der Waals surface area contributed by atoms with E-state index in [1.165, 1.54) is 0 Å². The maximum Gasteiger partial charge on any atom is 0.303 e. The number of hydrogen-bond acceptors (Lipinski definition) is 4. The summed E-state index contributed by atoms with van der Waals surface area (Å²) >= 11 is 1.57. The van der Waals surface area contributed by atoms with Crippen molar-refractivity contribution < 1.29 is 14.7 Å². The third-order valence-electron chi connectivity index (χ3n) is 2.63. The summed E-state index contributed by atoms with van der Waals surface area (Å²) < 4.78 is 0. The van der Waals surface area contributed by atoms with Crippen LogP contribution in [0, 0.1) is 6.92 Å². The molecule has 0 unspecified atom stereocenters. The average molecular weight is 290 g/mol. The Balaban J connectivity index is 2.06. The first-order chi connectivity index (χ1) is 9.54. The number of carboxylic acid groups (broad SMARTS) is 1. The second kappa shape index (κ2) is 6.29. The van der Waals surface area contributed by atoms with Crippen molar-refractivity contribution in [3.05, 3.63) is 34.7 Å². The van der Waals surface area contributed by atoms with Gasteiger partial charge < -0.3 is 10.4 Å². The van der Waals surface area contributed by atoms with Gasteiger partial charge in [-0.1, -0.05) is 12.1 Å². The van der Waals surface area contributed by atoms with Gasteiger partial charge in [0.25, 0.3) is 0 Å². The highest BCUT2D eigenvalue weighted by atomic mass is 32.1. The van der Waals surface area contributed by atoms with Crippen molar-refractivity contribution in [2.24, 2.45) is 0 Å². The van der Waals surface area contributed by atoms with E-state index < -0.39 is 5.97 Å². The van der Waals surface area contributed by atoms with Gasteiger partial charge >= 0.3 is 5.97 Å². The van der Waals surface area contributed by atoms with Crippen LogP contribution in [0.15, 0.2) is 29.6 Å². The highest BCUT2D eigenvalue weighted by Gasteiger charge is 2.07. The minimum absolute atomic E-state index is 0.0324. The standard InChI is InChI=1S/C14H14N2O3S/c1-9-15-12(8-20-9)10-3-2-4-11(7-10)16-13(17)5-6-14(18)19/h2-4,7-8H,5-6H2,1H3,(H,16,17)(H,18,19). The molecule has 0 fully saturated rings. The van der Waals surface area contributed by atoms with E-state index in [0.717, 1.165) is 16.3 Å². The van der Waals surface area contributed by atoms with E-state index in [1.807, 2.05) is 30.5 Å². The fraction of sp³-hybridized carbons (Fsp3) is 0.214. The second-order valence-electron chi connectivity index (χ2n) is 4.27. The predicted molar refractivity (Wildman–Crippen MR) is 77.8 cm³/mol. The normalized spacial score (nSPS) is 10.2. The first kappa shape index (κ1) is 14.2. The van der Waals surface area contributed by atoms with E-state index in [9.17, 15) is 9.59 Å². The molecule has 0 radical (unpaired) electrons. The first-order valence-corrected chi connectivity index (χ1v) is 6.97. The Kier molecular flexibility index (Phi) is 4.47. The Morgan fingerprint density at radius 3 is 2.80 bits per heavy atom. The van der Waals surface area contributed by atoms with Crippen LogP contribution in [-0.2, 0) is 9.59 Å². The summed E-state index contributed by atoms with van der Waals surface area (Å²) in [5.41, 5.74) is 2.43. The molecule has 0 aliphatic rings. The van der Waals surface area contributed by atoms with Crippen molar-refractivity contribution in [3.63, 3.8) is 0 Å². The molecule has 0 saturated carbocycles. The molecule has 0 aliphatic carbocycles. The molecule has 2 rings (SSSR count). The number of benzene rings is 1. The van der Waals surface area contributed by atoms with Gasteiger partial charge in [0.1, 0.15) is 0 Å². The van der Waals surface area contributed by atoms with Crippen molar-refractivity contribution >= 4 is 28.9 Å². The number of aromatic nitrogens is 1. The number of hydrogen-bond donors (Lipinski definition) is 2. The molecule has 2 aromatic rings. The Morgan fingerprint density at radius 1 is 1.35 bits per heavy atom. The second-order valence-corrected chi connectivity index (χ2v) is 5.34. The summed E-state index contributed by atoms with van der Waals surface area (Å²) in [4.78, 5) is 26.4. The van der Waals surface area contributed by atoms with Crippen LogP contribution < -0.4 is 5.32 Å². The van der Waals surface area contributed by atoms with Gasteiger partial charge in [0.2, 0.25) is 5.91 Å². The Labute approximate surface area is 120 Å². The number of carbonyl (C=O) groups is 2. The van der Waals surface area contributed by atoms with Crippen molar-refractivity contribution in [2.45, 2.75) is 19.8 Å². The van der Waals surface area contributed by atoms with Crippen LogP contribution in [0.3, 0.4) is 0 Å². The Morgan fingerprint density at radius 2 is 2.15 bits per heavy atom. The Bertz CT molecular complexity index is 637. The zero-order valence-electron chi connectivity index (χ0n) is 10.9. The van der Waals surface area contributed by atoms with E-state index in [4.69, 9.17) is 5.11 Å². The highest BCUT2D eigenvalue weighted by molar-refractivity contribution is 7.09. The summed E-state index contributed by atoms with van der Waals surface area (Å²) in [6, 6.07) is 7.34. The lowest BCUT2D eigenvalue weighted by Gasteiger charge is -2.05. The number of carbonyl (C=O) groups excluding carboxylic acids is 1. The van der Waals surface area contributed by atoms with Crippen molar-refractivity contribution in [2.75, 3.05) is 5.32 Å². The Hall–Kier alpha value is -2.21. The molecular weight excluding hydrogens is 276 g/mol. The number of amides is 1. The van der Waals surface area contributed by atoms with Crippen LogP contribution in [0.5, 0.6) is 0 Å². The maximum absolute atomic E-state index is 11.6. The lowest BCUT2D eigenvalue weighted by molar-refractivity contribution is -0.138. The lowest BCUT2D eigenvalue weighted by atomic mass is 10.1. The molecule has 1 aromatic carbocycles. The molecule has 0 saturated heterocycles. The maximum atomic E-state index is 11.6. The smallest absolute Gasteiger partial charge is 0.303 e. The van der Waals surface area contributed by atoms with Crippen molar-refractivity contribution in [1.29, 1.82) is 0 Å². The minimum atomic E-state index is -0.980. The quantitative estimate of drug-likeness (QED) is 0.887. The van der Waals surface area contributed by atoms with Gasteiger partial charge in [0.15, 0.2) is 0 Å². The summed E-state index contributed by atoms with van der Waals surface area (Å²) in [6.07, 6.45) is -0.202. The van der Waals surface area contributed by atoms with Gasteiger partial charge in [0, 0.05) is 23.1 Å². The molecule has 6 heteroatoms. The number of aliphatic carboxylic acids is 1. The summed E-state index contributed by atoms with van der Waals surface area (Å²) in [6.45, 7) is 1.94. The molecule has 0 bridgehead atoms. The van der Waals surface area contributed by atoms with Crippen LogP contribution in [-0.4, -0.2) is 22.0 Å². The van der Waals surface area contributed by atoms with Crippen molar-refractivity contribution in [1.82, 2.24) is 4.98 Å².